The van der Waals surface area contributed by atoms with Gasteiger partial charge in [0.15, 0.2) is 0 Å². The molecule has 0 fully saturated rings. The van der Waals surface area contributed by atoms with Gasteiger partial charge in [-0.05, 0) is 53.0 Å². The van der Waals surface area contributed by atoms with E-state index in [0.717, 1.165) is 27.8 Å². The van der Waals surface area contributed by atoms with Gasteiger partial charge in [-0.1, -0.05) is 0 Å². The fraction of sp³-hybridized carbons (Fsp3) is 0.552. The van der Waals surface area contributed by atoms with Gasteiger partial charge in [-0.2, -0.15) is 0 Å². The van der Waals surface area contributed by atoms with E-state index in [0.29, 0.717) is 25.8 Å². The molecule has 0 aliphatic heterocycles. The van der Waals surface area contributed by atoms with Crippen molar-refractivity contribution in [2.75, 3.05) is 44.8 Å². The van der Waals surface area contributed by atoms with Crippen LogP contribution in [0, 0.1) is 20.2 Å². The van der Waals surface area contributed by atoms with E-state index in [4.69, 9.17) is 14.2 Å². The van der Waals surface area contributed by atoms with Crippen LogP contribution in [0.3, 0.4) is 0 Å². The van der Waals surface area contributed by atoms with Crippen LogP contribution >= 0.6 is 0 Å². The number of unbranched alkanes of at least 4 members (excludes halogenated alkanes) is 2. The average Bonchev–Trinajstić information content (AvgIpc) is 2.98. The maximum atomic E-state index is 13.2. The molecule has 19 heteroatoms. The van der Waals surface area contributed by atoms with Crippen molar-refractivity contribution in [2.45, 2.75) is 65.1 Å². The Balaban J connectivity index is 2.01. The van der Waals surface area contributed by atoms with E-state index in [9.17, 15) is 44.2 Å². The number of nitro benzene ring substituents is 2. The highest BCUT2D eigenvalue weighted by Gasteiger charge is 2.26. The number of amides is 2. The molecule has 2 rings (SSSR count). The van der Waals surface area contributed by atoms with Gasteiger partial charge in [-0.25, -0.2) is 9.59 Å². The predicted octanol–water partition coefficient (Wildman–Crippen LogP) is 1.94. The number of H-pyrrole nitrogens is 1. The number of esters is 1. The van der Waals surface area contributed by atoms with E-state index < -0.39 is 69.5 Å². The van der Waals surface area contributed by atoms with Crippen molar-refractivity contribution in [1.29, 1.82) is 0 Å². The summed E-state index contributed by atoms with van der Waals surface area (Å²) in [5.74, 6) is -1.39. The highest BCUT2D eigenvalue weighted by atomic mass is 16.6. The molecule has 2 aromatic rings. The number of non-ortho nitro benzene ring substituents is 1. The summed E-state index contributed by atoms with van der Waals surface area (Å²) in [6, 6.07) is 3.57. The van der Waals surface area contributed by atoms with Gasteiger partial charge in [0.1, 0.15) is 24.4 Å². The molecule has 1 aromatic heterocycles. The van der Waals surface area contributed by atoms with E-state index in [2.05, 4.69) is 10.6 Å². The summed E-state index contributed by atoms with van der Waals surface area (Å²) in [5.41, 5.74) is -2.93. The first kappa shape index (κ1) is 38.9. The first-order valence-corrected chi connectivity index (χ1v) is 15.1. The first-order chi connectivity index (χ1) is 22.6. The molecule has 264 valence electrons. The van der Waals surface area contributed by atoms with Gasteiger partial charge >= 0.3 is 17.8 Å². The van der Waals surface area contributed by atoms with E-state index >= 15 is 0 Å². The van der Waals surface area contributed by atoms with Crippen LogP contribution in [0.25, 0.3) is 0 Å². The zero-order valence-corrected chi connectivity index (χ0v) is 27.2. The number of aromatic amines is 1. The van der Waals surface area contributed by atoms with Gasteiger partial charge < -0.3 is 29.7 Å². The second kappa shape index (κ2) is 18.7. The van der Waals surface area contributed by atoms with Crippen LogP contribution in [0.2, 0.25) is 0 Å². The monoisotopic (exact) mass is 679 g/mol. The number of alkyl carbamates (subject to hydrolysis) is 1. The fourth-order valence-electron chi connectivity index (χ4n) is 4.20. The lowest BCUT2D eigenvalue weighted by Crippen LogP contribution is -2.51. The molecule has 3 N–H and O–H groups in total. The van der Waals surface area contributed by atoms with Crippen LogP contribution in [-0.4, -0.2) is 93.4 Å². The number of hydrogen-bond acceptors (Lipinski definition) is 13. The fourth-order valence-corrected chi connectivity index (χ4v) is 4.20. The minimum atomic E-state index is -0.852. The number of nitrogens with one attached hydrogen (secondary N) is 3. The molecular weight excluding hydrogens is 638 g/mol. The first-order valence-electron chi connectivity index (χ1n) is 15.1. The molecule has 0 saturated carbocycles. The normalized spacial score (nSPS) is 11.7. The van der Waals surface area contributed by atoms with Gasteiger partial charge in [0.05, 0.1) is 35.2 Å². The van der Waals surface area contributed by atoms with E-state index in [1.54, 1.807) is 27.7 Å². The minimum Gasteiger partial charge on any atom is -0.465 e. The molecule has 0 radical (unpaired) electrons. The molecule has 0 aliphatic carbocycles. The molecular formula is C29H41N7O12. The van der Waals surface area contributed by atoms with Crippen LogP contribution in [0.5, 0.6) is 0 Å². The number of nitrogens with zero attached hydrogens (tertiary/aromatic N) is 4. The summed E-state index contributed by atoms with van der Waals surface area (Å²) < 4.78 is 17.1. The van der Waals surface area contributed by atoms with E-state index in [-0.39, 0.29) is 37.7 Å². The molecule has 48 heavy (non-hydrogen) atoms. The number of ether oxygens (including phenoxy) is 3. The Morgan fingerprint density at radius 2 is 1.79 bits per heavy atom. The Morgan fingerprint density at radius 3 is 2.42 bits per heavy atom. The number of carbonyl (C=O) groups is 3. The number of anilines is 1. The SMILES string of the molecule is CCOC(=O)CN(CC(COCCCCCNc1ccc([N+](=O)[O-])cc1[N+](=O)[O-])NC(=O)OC(C)(C)C)C(=O)Cn1ccc(=O)[nH]c1=O. The summed E-state index contributed by atoms with van der Waals surface area (Å²) >= 11 is 0. The van der Waals surface area contributed by atoms with Crippen LogP contribution in [0.1, 0.15) is 47.0 Å². The molecule has 1 atom stereocenters. The Hall–Kier alpha value is -5.33. The van der Waals surface area contributed by atoms with Crippen molar-refractivity contribution < 1.29 is 38.4 Å². The Labute approximate surface area is 274 Å². The van der Waals surface area contributed by atoms with Crippen LogP contribution in [-0.2, 0) is 30.3 Å². The van der Waals surface area contributed by atoms with Gasteiger partial charge in [-0.3, -0.25) is 44.2 Å². The molecule has 0 bridgehead atoms. The summed E-state index contributed by atoms with van der Waals surface area (Å²) in [4.78, 5) is 85.7. The van der Waals surface area contributed by atoms with Crippen molar-refractivity contribution in [2.24, 2.45) is 0 Å². The third kappa shape index (κ3) is 14.0. The van der Waals surface area contributed by atoms with E-state index in [1.165, 1.54) is 12.1 Å². The summed E-state index contributed by atoms with van der Waals surface area (Å²) in [5, 5.41) is 27.8. The molecule has 0 aliphatic rings. The zero-order valence-electron chi connectivity index (χ0n) is 27.2. The second-order valence-electron chi connectivity index (χ2n) is 11.4. The highest BCUT2D eigenvalue weighted by Crippen LogP contribution is 2.28. The standard InChI is InChI=1S/C29H41N7O12/c1-5-47-26(39)18-34(25(38)17-33-13-11-24(37)32-27(33)40)16-20(31-28(41)48-29(2,3)4)19-46-14-8-6-7-12-30-22-10-9-21(35(42)43)15-23(22)36(44)45/h9-11,13,15,20,30H,5-8,12,14,16-19H2,1-4H3,(H,31,41)(H,32,37,40). The number of nitro groups is 2. The molecule has 0 saturated heterocycles. The lowest BCUT2D eigenvalue weighted by molar-refractivity contribution is -0.393. The van der Waals surface area contributed by atoms with Crippen LogP contribution < -0.4 is 21.9 Å². The second-order valence-corrected chi connectivity index (χ2v) is 11.4. The van der Waals surface area contributed by atoms with Crippen molar-refractivity contribution in [3.8, 4) is 0 Å². The molecule has 1 aromatic carbocycles. The average molecular weight is 680 g/mol. The maximum Gasteiger partial charge on any atom is 0.408 e. The number of hydrogen-bond donors (Lipinski definition) is 3. The van der Waals surface area contributed by atoms with E-state index in [1.807, 2.05) is 4.98 Å². The lowest BCUT2D eigenvalue weighted by atomic mass is 10.2. The van der Waals surface area contributed by atoms with Gasteiger partial charge in [-0.15, -0.1) is 0 Å². The third-order valence-corrected chi connectivity index (χ3v) is 6.33. The topological polar surface area (TPSA) is 247 Å². The quantitative estimate of drug-likeness (QED) is 0.0832. The Morgan fingerprint density at radius 1 is 1.06 bits per heavy atom. The molecule has 0 spiro atoms. The van der Waals surface area contributed by atoms with Crippen molar-refractivity contribution >= 4 is 35.0 Å². The molecule has 1 heterocycles. The maximum absolute atomic E-state index is 13.2. The lowest BCUT2D eigenvalue weighted by Gasteiger charge is -2.29. The van der Waals surface area contributed by atoms with Crippen LogP contribution in [0.4, 0.5) is 21.9 Å². The minimum absolute atomic E-state index is 0.0588. The summed E-state index contributed by atoms with van der Waals surface area (Å²) in [6.07, 6.45) is 2.14. The van der Waals surface area contributed by atoms with Crippen LogP contribution in [0.15, 0.2) is 40.1 Å². The molecule has 1 unspecified atom stereocenters. The van der Waals surface area contributed by atoms with Gasteiger partial charge in [0, 0.05) is 38.0 Å². The smallest absolute Gasteiger partial charge is 0.408 e. The zero-order chi connectivity index (χ0) is 35.9. The number of carbonyl (C=O) groups excluding carboxylic acids is 3. The predicted molar refractivity (Wildman–Crippen MR) is 171 cm³/mol. The summed E-state index contributed by atoms with van der Waals surface area (Å²) in [6.45, 7) is 5.97. The van der Waals surface area contributed by atoms with Crippen molar-refractivity contribution in [3.63, 3.8) is 0 Å². The molecule has 19 nitrogen and oxygen atoms in total. The Bertz CT molecular complexity index is 1550. The molecule has 2 amide bonds. The Kier molecular flexibility index (Phi) is 15.2. The number of rotatable bonds is 19. The van der Waals surface area contributed by atoms with Gasteiger partial charge in [0.2, 0.25) is 5.91 Å². The number of aromatic nitrogens is 2. The third-order valence-electron chi connectivity index (χ3n) is 6.33. The highest BCUT2D eigenvalue weighted by molar-refractivity contribution is 5.82. The van der Waals surface area contributed by atoms with Gasteiger partial charge in [0.25, 0.3) is 16.9 Å². The number of benzene rings is 1. The largest absolute Gasteiger partial charge is 0.465 e. The van der Waals surface area contributed by atoms with Crippen molar-refractivity contribution in [1.82, 2.24) is 19.8 Å². The summed E-state index contributed by atoms with van der Waals surface area (Å²) in [7, 11) is 0. The van der Waals surface area contributed by atoms with Crippen molar-refractivity contribution in [3.05, 3.63) is 71.5 Å².